The van der Waals surface area contributed by atoms with E-state index in [-0.39, 0.29) is 0 Å². The van der Waals surface area contributed by atoms with Crippen molar-refractivity contribution in [1.29, 1.82) is 0 Å². The van der Waals surface area contributed by atoms with E-state index in [1.807, 2.05) is 0 Å². The van der Waals surface area contributed by atoms with Crippen LogP contribution in [0.2, 0.25) is 0 Å². The number of nitrogens with one attached hydrogen (secondary N) is 1. The molecule has 0 radical (unpaired) electrons. The highest BCUT2D eigenvalue weighted by molar-refractivity contribution is 4.94. The van der Waals surface area contributed by atoms with Crippen molar-refractivity contribution in [3.63, 3.8) is 0 Å². The quantitative estimate of drug-likeness (QED) is 0.812. The molecule has 1 saturated heterocycles. The molecule has 1 N–H and O–H groups in total. The minimum atomic E-state index is 0.514. The van der Waals surface area contributed by atoms with E-state index < -0.39 is 0 Å². The van der Waals surface area contributed by atoms with Gasteiger partial charge in [0.05, 0.1) is 6.61 Å². The minimum Gasteiger partial charge on any atom is -0.381 e. The topological polar surface area (TPSA) is 21.3 Å². The van der Waals surface area contributed by atoms with Crippen LogP contribution in [0.5, 0.6) is 0 Å². The number of hydrogen-bond donors (Lipinski definition) is 1. The third kappa shape index (κ3) is 3.23. The van der Waals surface area contributed by atoms with Gasteiger partial charge in [-0.05, 0) is 43.6 Å². The van der Waals surface area contributed by atoms with Gasteiger partial charge >= 0.3 is 0 Å². The van der Waals surface area contributed by atoms with Gasteiger partial charge in [0, 0.05) is 12.6 Å². The van der Waals surface area contributed by atoms with Crippen LogP contribution in [0, 0.1) is 11.3 Å². The van der Waals surface area contributed by atoms with Gasteiger partial charge in [-0.1, -0.05) is 33.1 Å². The summed E-state index contributed by atoms with van der Waals surface area (Å²) in [5.41, 5.74) is 0.514. The molecule has 2 atom stereocenters. The van der Waals surface area contributed by atoms with Gasteiger partial charge in [-0.3, -0.25) is 0 Å². The number of ether oxygens (including phenoxy) is 1. The van der Waals surface area contributed by atoms with Crippen molar-refractivity contribution >= 4 is 0 Å². The average molecular weight is 239 g/mol. The van der Waals surface area contributed by atoms with E-state index in [0.29, 0.717) is 11.5 Å². The Morgan fingerprint density at radius 2 is 2.00 bits per heavy atom. The second-order valence-electron chi connectivity index (χ2n) is 6.23. The van der Waals surface area contributed by atoms with E-state index in [0.717, 1.165) is 25.7 Å². The van der Waals surface area contributed by atoms with E-state index in [1.165, 1.54) is 44.9 Å². The fourth-order valence-electron chi connectivity index (χ4n) is 3.90. The molecule has 0 amide bonds. The van der Waals surface area contributed by atoms with Gasteiger partial charge in [0.1, 0.15) is 0 Å². The van der Waals surface area contributed by atoms with Gasteiger partial charge in [-0.25, -0.2) is 0 Å². The Labute approximate surface area is 107 Å². The van der Waals surface area contributed by atoms with Gasteiger partial charge in [0.25, 0.3) is 0 Å². The summed E-state index contributed by atoms with van der Waals surface area (Å²) in [5.74, 6) is 0.742. The first kappa shape index (κ1) is 13.4. The van der Waals surface area contributed by atoms with Crippen LogP contribution in [0.15, 0.2) is 0 Å². The maximum atomic E-state index is 5.71. The van der Waals surface area contributed by atoms with Crippen molar-refractivity contribution in [1.82, 2.24) is 5.32 Å². The van der Waals surface area contributed by atoms with Crippen LogP contribution in [0.25, 0.3) is 0 Å². The average Bonchev–Trinajstić information content (AvgIpc) is 2.38. The molecule has 2 fully saturated rings. The predicted molar refractivity (Wildman–Crippen MR) is 72.2 cm³/mol. The minimum absolute atomic E-state index is 0.514. The fourth-order valence-corrected chi connectivity index (χ4v) is 3.90. The zero-order valence-corrected chi connectivity index (χ0v) is 11.6. The van der Waals surface area contributed by atoms with Gasteiger partial charge in [-0.2, -0.15) is 0 Å². The van der Waals surface area contributed by atoms with Crippen LogP contribution in [0.4, 0.5) is 0 Å². The van der Waals surface area contributed by atoms with Crippen molar-refractivity contribution < 1.29 is 4.74 Å². The maximum Gasteiger partial charge on any atom is 0.0509 e. The Morgan fingerprint density at radius 1 is 1.24 bits per heavy atom. The Morgan fingerprint density at radius 3 is 2.59 bits per heavy atom. The van der Waals surface area contributed by atoms with E-state index >= 15 is 0 Å². The molecule has 0 aromatic carbocycles. The maximum absolute atomic E-state index is 5.71. The first-order chi connectivity index (χ1) is 8.26. The lowest BCUT2D eigenvalue weighted by Gasteiger charge is -2.46. The molecule has 2 unspecified atom stereocenters. The zero-order chi connectivity index (χ0) is 12.1. The largest absolute Gasteiger partial charge is 0.381 e. The first-order valence-electron chi connectivity index (χ1n) is 7.57. The molecule has 2 nitrogen and oxygen atoms in total. The summed E-state index contributed by atoms with van der Waals surface area (Å²) in [6, 6.07) is 0.674. The molecular formula is C15H29NO. The molecule has 1 heterocycles. The molecule has 0 aromatic rings. The van der Waals surface area contributed by atoms with E-state index in [2.05, 4.69) is 19.2 Å². The molecule has 17 heavy (non-hydrogen) atoms. The second-order valence-corrected chi connectivity index (χ2v) is 6.23. The molecule has 0 bridgehead atoms. The summed E-state index contributed by atoms with van der Waals surface area (Å²) in [4.78, 5) is 0. The summed E-state index contributed by atoms with van der Waals surface area (Å²) < 4.78 is 5.71. The van der Waals surface area contributed by atoms with Crippen LogP contribution in [0.1, 0.15) is 58.8 Å². The Kier molecular flexibility index (Phi) is 4.87. The van der Waals surface area contributed by atoms with Crippen molar-refractivity contribution in [2.45, 2.75) is 64.8 Å². The summed E-state index contributed by atoms with van der Waals surface area (Å²) in [5, 5.41) is 3.78. The Balaban J connectivity index is 2.03. The van der Waals surface area contributed by atoms with Crippen LogP contribution < -0.4 is 5.32 Å². The van der Waals surface area contributed by atoms with Gasteiger partial charge in [0.15, 0.2) is 0 Å². The normalized spacial score (nSPS) is 31.1. The molecule has 0 spiro atoms. The van der Waals surface area contributed by atoms with Crippen molar-refractivity contribution in [3.05, 3.63) is 0 Å². The van der Waals surface area contributed by atoms with Gasteiger partial charge in [-0.15, -0.1) is 0 Å². The lowest BCUT2D eigenvalue weighted by atomic mass is 9.66. The standard InChI is InChI=1S/C15H29NO/c1-3-16-14(13-8-7-11-17-12-13)15(2)9-5-4-6-10-15/h13-14,16H,3-12H2,1-2H3. The molecule has 1 aliphatic carbocycles. The highest BCUT2D eigenvalue weighted by Crippen LogP contribution is 2.42. The van der Waals surface area contributed by atoms with E-state index in [9.17, 15) is 0 Å². The van der Waals surface area contributed by atoms with Crippen LogP contribution in [0.3, 0.4) is 0 Å². The third-order valence-electron chi connectivity index (χ3n) is 4.84. The molecule has 2 rings (SSSR count). The van der Waals surface area contributed by atoms with Crippen molar-refractivity contribution in [2.75, 3.05) is 19.8 Å². The highest BCUT2D eigenvalue weighted by Gasteiger charge is 2.39. The van der Waals surface area contributed by atoms with Crippen LogP contribution >= 0.6 is 0 Å². The van der Waals surface area contributed by atoms with E-state index in [1.54, 1.807) is 0 Å². The number of hydrogen-bond acceptors (Lipinski definition) is 2. The predicted octanol–water partition coefficient (Wildman–Crippen LogP) is 3.36. The molecule has 0 aromatic heterocycles. The Hall–Kier alpha value is -0.0800. The summed E-state index contributed by atoms with van der Waals surface area (Å²) in [6.07, 6.45) is 9.70. The third-order valence-corrected chi connectivity index (χ3v) is 4.84. The lowest BCUT2D eigenvalue weighted by molar-refractivity contribution is 0.00139. The fraction of sp³-hybridized carbons (Fsp3) is 1.00. The van der Waals surface area contributed by atoms with Crippen molar-refractivity contribution in [3.8, 4) is 0 Å². The summed E-state index contributed by atoms with van der Waals surface area (Å²) in [7, 11) is 0. The first-order valence-corrected chi connectivity index (χ1v) is 7.57. The highest BCUT2D eigenvalue weighted by atomic mass is 16.5. The van der Waals surface area contributed by atoms with Crippen LogP contribution in [-0.4, -0.2) is 25.8 Å². The molecule has 100 valence electrons. The second kappa shape index (κ2) is 6.19. The zero-order valence-electron chi connectivity index (χ0n) is 11.6. The molecule has 2 aliphatic rings. The van der Waals surface area contributed by atoms with Crippen LogP contribution in [-0.2, 0) is 4.74 Å². The van der Waals surface area contributed by atoms with Gasteiger partial charge < -0.3 is 10.1 Å². The number of rotatable bonds is 4. The van der Waals surface area contributed by atoms with E-state index in [4.69, 9.17) is 4.74 Å². The smallest absolute Gasteiger partial charge is 0.0509 e. The van der Waals surface area contributed by atoms with Gasteiger partial charge in [0.2, 0.25) is 0 Å². The molecule has 1 aliphatic heterocycles. The lowest BCUT2D eigenvalue weighted by Crippen LogP contribution is -2.51. The summed E-state index contributed by atoms with van der Waals surface area (Å²) in [6.45, 7) is 7.80. The molecule has 2 heteroatoms. The SMILES string of the molecule is CCNC(C1CCCOC1)C1(C)CCCCC1. The molecule has 1 saturated carbocycles. The van der Waals surface area contributed by atoms with Crippen molar-refractivity contribution in [2.24, 2.45) is 11.3 Å². The summed E-state index contributed by atoms with van der Waals surface area (Å²) >= 11 is 0. The monoisotopic (exact) mass is 239 g/mol. The Bertz CT molecular complexity index is 217. The molecular weight excluding hydrogens is 210 g/mol.